The lowest BCUT2D eigenvalue weighted by Crippen LogP contribution is -2.06. The Hall–Kier alpha value is -1.91. The average Bonchev–Trinajstić information content (AvgIpc) is 2.46. The number of nitrogens with one attached hydrogen (secondary N) is 2. The third-order valence-corrected chi connectivity index (χ3v) is 1.94. The van der Waals surface area contributed by atoms with E-state index in [9.17, 15) is 4.79 Å². The maximum absolute atomic E-state index is 10.8. The van der Waals surface area contributed by atoms with Crippen molar-refractivity contribution in [1.82, 2.24) is 15.2 Å². The fourth-order valence-electron chi connectivity index (χ4n) is 1.29. The zero-order valence-corrected chi connectivity index (χ0v) is 7.96. The first-order chi connectivity index (χ1) is 6.66. The standard InChI is InChI=1S/C9H10N4O/c1-5-7-4-10-9(11-6(2)14)3-8(7)13-12-5/h3-4H,1-2H3,(H,12,13)(H,10,11,14). The largest absolute Gasteiger partial charge is 0.311 e. The number of carbonyl (C=O) groups excluding carboxylic acids is 1. The molecule has 2 heterocycles. The van der Waals surface area contributed by atoms with Crippen LogP contribution in [0.3, 0.4) is 0 Å². The molecule has 0 fully saturated rings. The van der Waals surface area contributed by atoms with Crippen LogP contribution in [0.2, 0.25) is 0 Å². The number of nitrogens with zero attached hydrogens (tertiary/aromatic N) is 2. The Morgan fingerprint density at radius 3 is 3.07 bits per heavy atom. The predicted molar refractivity (Wildman–Crippen MR) is 52.9 cm³/mol. The second-order valence-electron chi connectivity index (χ2n) is 3.11. The lowest BCUT2D eigenvalue weighted by atomic mass is 10.3. The Balaban J connectivity index is 2.46. The van der Waals surface area contributed by atoms with Gasteiger partial charge in [-0.2, -0.15) is 5.10 Å². The van der Waals surface area contributed by atoms with E-state index in [-0.39, 0.29) is 5.91 Å². The zero-order chi connectivity index (χ0) is 10.1. The van der Waals surface area contributed by atoms with E-state index in [0.29, 0.717) is 5.82 Å². The Kier molecular flexibility index (Phi) is 1.92. The molecule has 2 aromatic heterocycles. The third kappa shape index (κ3) is 1.44. The molecule has 0 aliphatic rings. The number of hydrogen-bond acceptors (Lipinski definition) is 3. The van der Waals surface area contributed by atoms with Crippen LogP contribution in [-0.4, -0.2) is 21.1 Å². The second-order valence-corrected chi connectivity index (χ2v) is 3.11. The molecular weight excluding hydrogens is 180 g/mol. The average molecular weight is 190 g/mol. The Morgan fingerprint density at radius 1 is 1.57 bits per heavy atom. The molecular formula is C9H10N4O. The summed E-state index contributed by atoms with van der Waals surface area (Å²) in [6.45, 7) is 3.35. The molecule has 0 aliphatic carbocycles. The summed E-state index contributed by atoms with van der Waals surface area (Å²) in [5, 5.41) is 10.5. The van der Waals surface area contributed by atoms with Crippen LogP contribution in [0.4, 0.5) is 5.82 Å². The van der Waals surface area contributed by atoms with Crippen LogP contribution in [0.15, 0.2) is 12.3 Å². The minimum atomic E-state index is -0.131. The van der Waals surface area contributed by atoms with E-state index >= 15 is 0 Å². The molecule has 1 amide bonds. The van der Waals surface area contributed by atoms with Gasteiger partial charge in [0, 0.05) is 24.6 Å². The molecule has 0 saturated heterocycles. The number of aromatic nitrogens is 3. The van der Waals surface area contributed by atoms with Crippen LogP contribution in [0.5, 0.6) is 0 Å². The van der Waals surface area contributed by atoms with Gasteiger partial charge in [0.2, 0.25) is 5.91 Å². The summed E-state index contributed by atoms with van der Waals surface area (Å²) in [4.78, 5) is 14.9. The number of aromatic amines is 1. The maximum Gasteiger partial charge on any atom is 0.222 e. The maximum atomic E-state index is 10.8. The summed E-state index contributed by atoms with van der Waals surface area (Å²) in [7, 11) is 0. The summed E-state index contributed by atoms with van der Waals surface area (Å²) in [6, 6.07) is 1.76. The predicted octanol–water partition coefficient (Wildman–Crippen LogP) is 1.22. The third-order valence-electron chi connectivity index (χ3n) is 1.94. The normalized spacial score (nSPS) is 10.4. The molecule has 14 heavy (non-hydrogen) atoms. The van der Waals surface area contributed by atoms with E-state index in [1.165, 1.54) is 6.92 Å². The highest BCUT2D eigenvalue weighted by molar-refractivity contribution is 5.90. The highest BCUT2D eigenvalue weighted by Gasteiger charge is 2.03. The molecule has 0 spiro atoms. The van der Waals surface area contributed by atoms with Crippen molar-refractivity contribution in [3.8, 4) is 0 Å². The molecule has 0 unspecified atom stereocenters. The number of pyridine rings is 1. The van der Waals surface area contributed by atoms with Crippen molar-refractivity contribution in [3.05, 3.63) is 18.0 Å². The molecule has 5 nitrogen and oxygen atoms in total. The van der Waals surface area contributed by atoms with Crippen LogP contribution in [0.25, 0.3) is 10.9 Å². The van der Waals surface area contributed by atoms with Gasteiger partial charge in [0.15, 0.2) is 0 Å². The summed E-state index contributed by atoms with van der Waals surface area (Å²) in [5.74, 6) is 0.404. The highest BCUT2D eigenvalue weighted by Crippen LogP contribution is 2.16. The molecule has 0 atom stereocenters. The van der Waals surface area contributed by atoms with Gasteiger partial charge in [-0.05, 0) is 6.92 Å². The van der Waals surface area contributed by atoms with Crippen LogP contribution >= 0.6 is 0 Å². The first-order valence-corrected chi connectivity index (χ1v) is 4.25. The molecule has 0 aromatic carbocycles. The van der Waals surface area contributed by atoms with Gasteiger partial charge in [0.05, 0.1) is 11.2 Å². The van der Waals surface area contributed by atoms with Gasteiger partial charge in [-0.15, -0.1) is 0 Å². The fourth-order valence-corrected chi connectivity index (χ4v) is 1.29. The molecule has 0 radical (unpaired) electrons. The fraction of sp³-hybridized carbons (Fsp3) is 0.222. The van der Waals surface area contributed by atoms with Gasteiger partial charge in [0.1, 0.15) is 5.82 Å². The molecule has 0 aliphatic heterocycles. The van der Waals surface area contributed by atoms with E-state index < -0.39 is 0 Å². The number of rotatable bonds is 1. The molecule has 72 valence electrons. The number of aryl methyl sites for hydroxylation is 1. The van der Waals surface area contributed by atoms with Gasteiger partial charge < -0.3 is 5.32 Å². The summed E-state index contributed by atoms with van der Waals surface area (Å²) in [5.41, 5.74) is 1.78. The van der Waals surface area contributed by atoms with Crippen LogP contribution in [-0.2, 0) is 4.79 Å². The minimum absolute atomic E-state index is 0.131. The van der Waals surface area contributed by atoms with Crippen molar-refractivity contribution in [2.45, 2.75) is 13.8 Å². The van der Waals surface area contributed by atoms with E-state index in [4.69, 9.17) is 0 Å². The van der Waals surface area contributed by atoms with Crippen molar-refractivity contribution < 1.29 is 4.79 Å². The number of amides is 1. The second kappa shape index (κ2) is 3.10. The van der Waals surface area contributed by atoms with E-state index in [0.717, 1.165) is 16.6 Å². The minimum Gasteiger partial charge on any atom is -0.311 e. The van der Waals surface area contributed by atoms with Crippen molar-refractivity contribution in [3.63, 3.8) is 0 Å². The lowest BCUT2D eigenvalue weighted by molar-refractivity contribution is -0.114. The summed E-state index contributed by atoms with van der Waals surface area (Å²) >= 11 is 0. The van der Waals surface area contributed by atoms with Crippen molar-refractivity contribution in [2.75, 3.05) is 5.32 Å². The molecule has 0 bridgehead atoms. The topological polar surface area (TPSA) is 70.7 Å². The van der Waals surface area contributed by atoms with E-state index in [2.05, 4.69) is 20.5 Å². The number of carbonyl (C=O) groups is 1. The summed E-state index contributed by atoms with van der Waals surface area (Å²) in [6.07, 6.45) is 1.69. The number of fused-ring (bicyclic) bond motifs is 1. The Morgan fingerprint density at radius 2 is 2.36 bits per heavy atom. The molecule has 0 saturated carbocycles. The van der Waals surface area contributed by atoms with Gasteiger partial charge in [0.25, 0.3) is 0 Å². The number of H-pyrrole nitrogens is 1. The smallest absolute Gasteiger partial charge is 0.222 e. The van der Waals surface area contributed by atoms with Crippen molar-refractivity contribution >= 4 is 22.6 Å². The van der Waals surface area contributed by atoms with Gasteiger partial charge in [-0.25, -0.2) is 4.98 Å². The van der Waals surface area contributed by atoms with Gasteiger partial charge >= 0.3 is 0 Å². The Bertz CT molecular complexity index is 489. The van der Waals surface area contributed by atoms with E-state index in [1.54, 1.807) is 12.3 Å². The quantitative estimate of drug-likeness (QED) is 0.710. The van der Waals surface area contributed by atoms with Crippen LogP contribution in [0.1, 0.15) is 12.6 Å². The summed E-state index contributed by atoms with van der Waals surface area (Å²) < 4.78 is 0. The molecule has 2 N–H and O–H groups in total. The zero-order valence-electron chi connectivity index (χ0n) is 7.96. The Labute approximate surface area is 80.5 Å². The van der Waals surface area contributed by atoms with E-state index in [1.807, 2.05) is 6.92 Å². The number of anilines is 1. The van der Waals surface area contributed by atoms with Crippen LogP contribution in [0, 0.1) is 6.92 Å². The lowest BCUT2D eigenvalue weighted by Gasteiger charge is -1.99. The molecule has 2 rings (SSSR count). The monoisotopic (exact) mass is 190 g/mol. The molecule has 2 aromatic rings. The first kappa shape index (κ1) is 8.68. The SMILES string of the molecule is CC(=O)Nc1cc2[nH]nc(C)c2cn1. The number of hydrogen-bond donors (Lipinski definition) is 2. The first-order valence-electron chi connectivity index (χ1n) is 4.25. The van der Waals surface area contributed by atoms with Crippen LogP contribution < -0.4 is 5.32 Å². The van der Waals surface area contributed by atoms with Gasteiger partial charge in [-0.1, -0.05) is 0 Å². The highest BCUT2D eigenvalue weighted by atomic mass is 16.1. The molecule has 5 heteroatoms. The van der Waals surface area contributed by atoms with Gasteiger partial charge in [-0.3, -0.25) is 9.89 Å². The van der Waals surface area contributed by atoms with Crippen molar-refractivity contribution in [1.29, 1.82) is 0 Å². The van der Waals surface area contributed by atoms with Crippen molar-refractivity contribution in [2.24, 2.45) is 0 Å².